The van der Waals surface area contributed by atoms with E-state index in [2.05, 4.69) is 10.3 Å². The van der Waals surface area contributed by atoms with Crippen molar-refractivity contribution in [3.05, 3.63) is 70.9 Å². The summed E-state index contributed by atoms with van der Waals surface area (Å²) in [5.74, 6) is -0.337. The van der Waals surface area contributed by atoms with Gasteiger partial charge in [0.15, 0.2) is 9.84 Å². The maximum absolute atomic E-state index is 13.1. The lowest BCUT2D eigenvalue weighted by atomic mass is 10.1. The number of rotatable bonds is 5. The summed E-state index contributed by atoms with van der Waals surface area (Å²) in [6.45, 7) is 0.299. The van der Waals surface area contributed by atoms with Crippen LogP contribution in [0, 0.1) is 0 Å². The van der Waals surface area contributed by atoms with E-state index in [-0.39, 0.29) is 24.0 Å². The first kappa shape index (κ1) is 18.4. The third kappa shape index (κ3) is 3.96. The molecule has 0 saturated carbocycles. The van der Waals surface area contributed by atoms with E-state index in [9.17, 15) is 18.0 Å². The van der Waals surface area contributed by atoms with Gasteiger partial charge in [0.2, 0.25) is 11.8 Å². The summed E-state index contributed by atoms with van der Waals surface area (Å²) in [6.07, 6.45) is 5.32. The fourth-order valence-electron chi connectivity index (χ4n) is 3.48. The lowest BCUT2D eigenvalue weighted by Crippen LogP contribution is -2.41. The Hall–Kier alpha value is -3.00. The molecule has 1 atom stereocenters. The summed E-state index contributed by atoms with van der Waals surface area (Å²) >= 11 is 0. The molecule has 0 fully saturated rings. The molecular formula is C20H19N3O4S. The van der Waals surface area contributed by atoms with E-state index in [1.54, 1.807) is 35.5 Å². The van der Waals surface area contributed by atoms with Crippen molar-refractivity contribution in [2.45, 2.75) is 25.4 Å². The third-order valence-corrected chi connectivity index (χ3v) is 6.27. The molecule has 7 nitrogen and oxygen atoms in total. The van der Waals surface area contributed by atoms with Crippen molar-refractivity contribution in [3.8, 4) is 0 Å². The zero-order valence-electron chi connectivity index (χ0n) is 15.0. The number of hydrogen-bond donors (Lipinski definition) is 1. The Morgan fingerprint density at radius 2 is 1.96 bits per heavy atom. The smallest absolute Gasteiger partial charge is 0.228 e. The first-order valence-corrected chi connectivity index (χ1v) is 10.6. The molecule has 1 unspecified atom stereocenters. The van der Waals surface area contributed by atoms with Gasteiger partial charge in [-0.15, -0.1) is 0 Å². The first-order valence-electron chi connectivity index (χ1n) is 8.91. The molecule has 28 heavy (non-hydrogen) atoms. The zero-order valence-corrected chi connectivity index (χ0v) is 15.9. The fourth-order valence-corrected chi connectivity index (χ4v) is 4.78. The Morgan fingerprint density at radius 1 is 1.18 bits per heavy atom. The average Bonchev–Trinajstić information content (AvgIpc) is 3.20. The highest BCUT2D eigenvalue weighted by atomic mass is 32.2. The summed E-state index contributed by atoms with van der Waals surface area (Å²) in [5, 5.41) is 3.96. The molecule has 2 aromatic rings. The van der Waals surface area contributed by atoms with Gasteiger partial charge in [-0.1, -0.05) is 12.1 Å². The largest absolute Gasteiger partial charge is 0.331 e. The van der Waals surface area contributed by atoms with Gasteiger partial charge in [-0.05, 0) is 41.0 Å². The fraction of sp³-hybridized carbons (Fsp3) is 0.250. The Morgan fingerprint density at radius 3 is 2.68 bits per heavy atom. The number of fused-ring (bicyclic) bond motifs is 1. The maximum atomic E-state index is 13.1. The van der Waals surface area contributed by atoms with Crippen LogP contribution in [-0.2, 0) is 38.8 Å². The summed E-state index contributed by atoms with van der Waals surface area (Å²) in [6, 6.07) is 8.60. The molecule has 1 aromatic carbocycles. The van der Waals surface area contributed by atoms with Crippen LogP contribution in [0.1, 0.15) is 16.7 Å². The second kappa shape index (κ2) is 7.20. The van der Waals surface area contributed by atoms with E-state index >= 15 is 0 Å². The minimum Gasteiger partial charge on any atom is -0.331 e. The molecule has 2 aliphatic heterocycles. The summed E-state index contributed by atoms with van der Waals surface area (Å²) < 4.78 is 23.7. The Bertz CT molecular complexity index is 1060. The van der Waals surface area contributed by atoms with Crippen molar-refractivity contribution in [2.75, 3.05) is 11.1 Å². The molecule has 4 rings (SSSR count). The van der Waals surface area contributed by atoms with Crippen LogP contribution in [0.2, 0.25) is 0 Å². The second-order valence-corrected chi connectivity index (χ2v) is 8.93. The molecule has 144 valence electrons. The van der Waals surface area contributed by atoms with Crippen molar-refractivity contribution < 1.29 is 18.0 Å². The van der Waals surface area contributed by atoms with E-state index in [1.807, 2.05) is 18.2 Å². The van der Waals surface area contributed by atoms with Crippen LogP contribution in [0.5, 0.6) is 0 Å². The second-order valence-electron chi connectivity index (χ2n) is 7.00. The van der Waals surface area contributed by atoms with Crippen molar-refractivity contribution in [1.82, 2.24) is 9.88 Å². The van der Waals surface area contributed by atoms with E-state index in [1.165, 1.54) is 5.41 Å². The molecule has 1 aromatic heterocycles. The van der Waals surface area contributed by atoms with Gasteiger partial charge in [-0.3, -0.25) is 14.6 Å². The number of sulfone groups is 1. The lowest BCUT2D eigenvalue weighted by Gasteiger charge is -2.28. The minimum atomic E-state index is -3.29. The number of nitrogens with zero attached hydrogens (tertiary/aromatic N) is 2. The minimum absolute atomic E-state index is 0.0564. The van der Waals surface area contributed by atoms with Gasteiger partial charge in [0, 0.05) is 30.0 Å². The van der Waals surface area contributed by atoms with Crippen LogP contribution < -0.4 is 5.32 Å². The highest BCUT2D eigenvalue weighted by Crippen LogP contribution is 2.25. The Kier molecular flexibility index (Phi) is 4.72. The van der Waals surface area contributed by atoms with Gasteiger partial charge in [0.05, 0.1) is 24.6 Å². The predicted molar refractivity (Wildman–Crippen MR) is 104 cm³/mol. The molecular weight excluding hydrogens is 378 g/mol. The standard InChI is InChI=1S/C20H19N3O4S/c24-19-11-16-2-1-15(9-18(16)22-19)10-20(25)23(12-14-3-6-21-7-4-14)17-5-8-28(26,27)13-17/h1-9,17H,10-13H2,(H,22,24). The Balaban J connectivity index is 1.56. The van der Waals surface area contributed by atoms with Crippen LogP contribution in [-0.4, -0.2) is 41.9 Å². The third-order valence-electron chi connectivity index (χ3n) is 4.89. The number of aromatic nitrogens is 1. The van der Waals surface area contributed by atoms with Crippen LogP contribution in [0.4, 0.5) is 5.69 Å². The summed E-state index contributed by atoms with van der Waals surface area (Å²) in [5.41, 5.74) is 3.30. The number of anilines is 1. The number of carbonyl (C=O) groups is 2. The quantitative estimate of drug-likeness (QED) is 0.824. The molecule has 8 heteroatoms. The molecule has 0 radical (unpaired) electrons. The van der Waals surface area contributed by atoms with Gasteiger partial charge in [-0.2, -0.15) is 0 Å². The van der Waals surface area contributed by atoms with Gasteiger partial charge >= 0.3 is 0 Å². The number of pyridine rings is 1. The van der Waals surface area contributed by atoms with Gasteiger partial charge in [0.25, 0.3) is 0 Å². The monoisotopic (exact) mass is 397 g/mol. The van der Waals surface area contributed by atoms with E-state index in [0.717, 1.165) is 22.4 Å². The van der Waals surface area contributed by atoms with Gasteiger partial charge in [-0.25, -0.2) is 8.42 Å². The van der Waals surface area contributed by atoms with Crippen molar-refractivity contribution >= 4 is 27.3 Å². The van der Waals surface area contributed by atoms with Crippen LogP contribution in [0.3, 0.4) is 0 Å². The molecule has 0 bridgehead atoms. The molecule has 3 heterocycles. The highest BCUT2D eigenvalue weighted by molar-refractivity contribution is 7.94. The van der Waals surface area contributed by atoms with Crippen LogP contribution in [0.15, 0.2) is 54.2 Å². The van der Waals surface area contributed by atoms with Gasteiger partial charge in [0.1, 0.15) is 0 Å². The Labute approximate surface area is 163 Å². The normalized spacial score (nSPS) is 19.3. The molecule has 0 spiro atoms. The molecule has 0 saturated heterocycles. The predicted octanol–water partition coefficient (Wildman–Crippen LogP) is 1.46. The summed E-state index contributed by atoms with van der Waals surface area (Å²) in [4.78, 5) is 30.2. The van der Waals surface area contributed by atoms with E-state index < -0.39 is 15.9 Å². The van der Waals surface area contributed by atoms with Crippen LogP contribution in [0.25, 0.3) is 0 Å². The first-order chi connectivity index (χ1) is 13.4. The summed E-state index contributed by atoms with van der Waals surface area (Å²) in [7, 11) is -3.29. The maximum Gasteiger partial charge on any atom is 0.228 e. The van der Waals surface area contributed by atoms with Crippen molar-refractivity contribution in [2.24, 2.45) is 0 Å². The van der Waals surface area contributed by atoms with Gasteiger partial charge < -0.3 is 10.2 Å². The number of hydrogen-bond acceptors (Lipinski definition) is 5. The van der Waals surface area contributed by atoms with Crippen LogP contribution >= 0.6 is 0 Å². The topological polar surface area (TPSA) is 96.4 Å². The van der Waals surface area contributed by atoms with Crippen molar-refractivity contribution in [3.63, 3.8) is 0 Å². The van der Waals surface area contributed by atoms with Crippen molar-refractivity contribution in [1.29, 1.82) is 0 Å². The SMILES string of the molecule is O=C1Cc2ccc(CC(=O)N(Cc3ccncc3)C3C=CS(=O)(=O)C3)cc2N1. The number of amides is 2. The lowest BCUT2D eigenvalue weighted by molar-refractivity contribution is -0.132. The number of benzene rings is 1. The molecule has 2 aliphatic rings. The molecule has 2 amide bonds. The molecule has 0 aliphatic carbocycles. The van der Waals surface area contributed by atoms with E-state index in [4.69, 9.17) is 0 Å². The number of carbonyl (C=O) groups excluding carboxylic acids is 2. The number of nitrogens with one attached hydrogen (secondary N) is 1. The average molecular weight is 397 g/mol. The van der Waals surface area contributed by atoms with E-state index in [0.29, 0.717) is 13.0 Å². The zero-order chi connectivity index (χ0) is 19.7. The molecule has 1 N–H and O–H groups in total. The highest BCUT2D eigenvalue weighted by Gasteiger charge is 2.30.